The highest BCUT2D eigenvalue weighted by molar-refractivity contribution is 5.96. The van der Waals surface area contributed by atoms with Crippen molar-refractivity contribution in [3.8, 4) is 0 Å². The van der Waals surface area contributed by atoms with Crippen molar-refractivity contribution in [2.75, 3.05) is 13.3 Å². The van der Waals surface area contributed by atoms with Crippen molar-refractivity contribution in [3.05, 3.63) is 0 Å². The summed E-state index contributed by atoms with van der Waals surface area (Å²) in [6.45, 7) is -0.168. The number of nitrogens with one attached hydrogen (secondary N) is 1. The van der Waals surface area contributed by atoms with Gasteiger partial charge in [-0.05, 0) is 0 Å². The van der Waals surface area contributed by atoms with Gasteiger partial charge in [0.25, 0.3) is 0 Å². The predicted molar refractivity (Wildman–Crippen MR) is 31.9 cm³/mol. The minimum Gasteiger partial charge on any atom is -0.376 e. The van der Waals surface area contributed by atoms with Gasteiger partial charge in [0.1, 0.15) is 6.73 Å². The maximum absolute atomic E-state index is 10.7. The number of carbonyl (C=O) groups excluding carboxylic acids is 2. The van der Waals surface area contributed by atoms with Gasteiger partial charge < -0.3 is 10.4 Å². The molecule has 5 heteroatoms. The smallest absolute Gasteiger partial charge is 0.326 e. The highest BCUT2D eigenvalue weighted by Crippen LogP contribution is 1.98. The van der Waals surface area contributed by atoms with Gasteiger partial charge in [0.15, 0.2) is 0 Å². The largest absolute Gasteiger partial charge is 0.376 e. The van der Waals surface area contributed by atoms with Crippen LogP contribution in [-0.2, 0) is 4.79 Å². The Morgan fingerprint density at radius 2 is 2.30 bits per heavy atom. The minimum atomic E-state index is -0.537. The molecule has 2 N–H and O–H groups in total. The van der Waals surface area contributed by atoms with Gasteiger partial charge in [0.05, 0.1) is 0 Å². The summed E-state index contributed by atoms with van der Waals surface area (Å²) < 4.78 is 0. The van der Waals surface area contributed by atoms with Gasteiger partial charge in [-0.15, -0.1) is 0 Å². The Hall–Kier alpha value is -1.10. The summed E-state index contributed by atoms with van der Waals surface area (Å²) in [6, 6.07) is -0.515. The predicted octanol–water partition coefficient (Wildman–Crippen LogP) is -1.12. The van der Waals surface area contributed by atoms with Gasteiger partial charge in [-0.2, -0.15) is 0 Å². The lowest BCUT2D eigenvalue weighted by atomic mass is 10.3. The number of imide groups is 1. The average molecular weight is 144 g/mol. The first-order valence-electron chi connectivity index (χ1n) is 2.95. The summed E-state index contributed by atoms with van der Waals surface area (Å²) >= 11 is 0. The van der Waals surface area contributed by atoms with E-state index in [2.05, 4.69) is 5.32 Å². The maximum Gasteiger partial charge on any atom is 0.326 e. The van der Waals surface area contributed by atoms with Crippen molar-refractivity contribution in [3.63, 3.8) is 0 Å². The second-order valence-electron chi connectivity index (χ2n) is 1.95. The third kappa shape index (κ3) is 1.08. The summed E-state index contributed by atoms with van der Waals surface area (Å²) in [5, 5.41) is 10.9. The van der Waals surface area contributed by atoms with Crippen molar-refractivity contribution in [2.45, 2.75) is 6.42 Å². The van der Waals surface area contributed by atoms with Crippen molar-refractivity contribution in [1.82, 2.24) is 10.2 Å². The molecule has 0 saturated carbocycles. The normalized spacial score (nSPS) is 19.1. The van der Waals surface area contributed by atoms with Crippen LogP contribution >= 0.6 is 0 Å². The number of aliphatic hydroxyl groups is 1. The minimum absolute atomic E-state index is 0.270. The van der Waals surface area contributed by atoms with Crippen molar-refractivity contribution < 1.29 is 14.7 Å². The van der Waals surface area contributed by atoms with Crippen molar-refractivity contribution in [1.29, 1.82) is 0 Å². The SMILES string of the molecule is O=C1CCNC(=O)N1CO. The van der Waals surface area contributed by atoms with E-state index in [4.69, 9.17) is 5.11 Å². The summed E-state index contributed by atoms with van der Waals surface area (Å²) in [6.07, 6.45) is 0.270. The second kappa shape index (κ2) is 2.66. The Bertz CT molecular complexity index is 152. The Labute approximate surface area is 57.6 Å². The van der Waals surface area contributed by atoms with E-state index < -0.39 is 12.8 Å². The van der Waals surface area contributed by atoms with E-state index in [0.29, 0.717) is 6.54 Å². The molecule has 56 valence electrons. The zero-order valence-electron chi connectivity index (χ0n) is 5.33. The summed E-state index contributed by atoms with van der Waals surface area (Å²) in [7, 11) is 0. The van der Waals surface area contributed by atoms with E-state index in [0.717, 1.165) is 4.90 Å². The summed E-state index contributed by atoms with van der Waals surface area (Å²) in [4.78, 5) is 22.2. The van der Waals surface area contributed by atoms with Crippen LogP contribution in [0.2, 0.25) is 0 Å². The number of aliphatic hydroxyl groups excluding tert-OH is 1. The molecule has 0 unspecified atom stereocenters. The molecule has 10 heavy (non-hydrogen) atoms. The number of hydrogen-bond acceptors (Lipinski definition) is 3. The van der Waals surface area contributed by atoms with Gasteiger partial charge in [0.2, 0.25) is 5.91 Å². The Kier molecular flexibility index (Phi) is 1.86. The van der Waals surface area contributed by atoms with E-state index in [1.165, 1.54) is 0 Å². The van der Waals surface area contributed by atoms with Crippen LogP contribution in [0.1, 0.15) is 6.42 Å². The molecule has 3 amide bonds. The number of hydrogen-bond donors (Lipinski definition) is 2. The highest BCUT2D eigenvalue weighted by atomic mass is 16.3. The molecular formula is C5H8N2O3. The fraction of sp³-hybridized carbons (Fsp3) is 0.600. The van der Waals surface area contributed by atoms with Crippen LogP contribution in [0.3, 0.4) is 0 Å². The standard InChI is InChI=1S/C5H8N2O3/c8-3-7-4(9)1-2-6-5(7)10/h8H,1-3H2,(H,6,10). The molecule has 1 rings (SSSR count). The van der Waals surface area contributed by atoms with Crippen LogP contribution in [0.5, 0.6) is 0 Å². The monoisotopic (exact) mass is 144 g/mol. The van der Waals surface area contributed by atoms with E-state index in [9.17, 15) is 9.59 Å². The van der Waals surface area contributed by atoms with E-state index in [-0.39, 0.29) is 12.3 Å². The van der Waals surface area contributed by atoms with Crippen molar-refractivity contribution in [2.24, 2.45) is 0 Å². The van der Waals surface area contributed by atoms with Gasteiger partial charge >= 0.3 is 6.03 Å². The molecule has 5 nitrogen and oxygen atoms in total. The molecule has 0 aliphatic carbocycles. The molecule has 0 atom stereocenters. The second-order valence-corrected chi connectivity index (χ2v) is 1.95. The lowest BCUT2D eigenvalue weighted by Gasteiger charge is -2.22. The lowest BCUT2D eigenvalue weighted by molar-refractivity contribution is -0.132. The Morgan fingerprint density at radius 1 is 1.60 bits per heavy atom. The number of carbonyl (C=O) groups is 2. The molecule has 0 bridgehead atoms. The summed E-state index contributed by atoms with van der Waals surface area (Å²) in [5.74, 6) is -0.328. The molecule has 1 saturated heterocycles. The topological polar surface area (TPSA) is 69.6 Å². The first kappa shape index (κ1) is 7.01. The fourth-order valence-electron chi connectivity index (χ4n) is 0.763. The molecule has 1 aliphatic heterocycles. The molecule has 1 aliphatic rings. The average Bonchev–Trinajstić information content (AvgIpc) is 1.88. The van der Waals surface area contributed by atoms with Crippen LogP contribution in [-0.4, -0.2) is 35.2 Å². The van der Waals surface area contributed by atoms with Crippen molar-refractivity contribution >= 4 is 11.9 Å². The molecule has 0 aromatic heterocycles. The quantitative estimate of drug-likeness (QED) is 0.489. The van der Waals surface area contributed by atoms with Gasteiger partial charge in [-0.3, -0.25) is 4.79 Å². The van der Waals surface area contributed by atoms with E-state index in [1.54, 1.807) is 0 Å². The Morgan fingerprint density at radius 3 is 2.70 bits per heavy atom. The van der Waals surface area contributed by atoms with Crippen LogP contribution < -0.4 is 5.32 Å². The number of amides is 3. The van der Waals surface area contributed by atoms with E-state index >= 15 is 0 Å². The molecule has 0 aromatic carbocycles. The maximum atomic E-state index is 10.7. The van der Waals surface area contributed by atoms with Crippen LogP contribution in [0.25, 0.3) is 0 Å². The molecule has 0 spiro atoms. The highest BCUT2D eigenvalue weighted by Gasteiger charge is 2.23. The van der Waals surface area contributed by atoms with Gasteiger partial charge in [0, 0.05) is 13.0 Å². The van der Waals surface area contributed by atoms with Gasteiger partial charge in [-0.1, -0.05) is 0 Å². The number of rotatable bonds is 1. The zero-order valence-corrected chi connectivity index (χ0v) is 5.33. The lowest BCUT2D eigenvalue weighted by Crippen LogP contribution is -2.50. The molecule has 1 fully saturated rings. The molecule has 0 aromatic rings. The molecule has 0 radical (unpaired) electrons. The Balaban J connectivity index is 2.62. The molecular weight excluding hydrogens is 136 g/mol. The van der Waals surface area contributed by atoms with Gasteiger partial charge in [-0.25, -0.2) is 9.69 Å². The summed E-state index contributed by atoms with van der Waals surface area (Å²) in [5.41, 5.74) is 0. The third-order valence-corrected chi connectivity index (χ3v) is 1.30. The first-order valence-corrected chi connectivity index (χ1v) is 2.95. The first-order chi connectivity index (χ1) is 4.75. The van der Waals surface area contributed by atoms with Crippen LogP contribution in [0.4, 0.5) is 4.79 Å². The van der Waals surface area contributed by atoms with Crippen LogP contribution in [0, 0.1) is 0 Å². The number of nitrogens with zero attached hydrogens (tertiary/aromatic N) is 1. The third-order valence-electron chi connectivity index (χ3n) is 1.30. The zero-order chi connectivity index (χ0) is 7.56. The fourth-order valence-corrected chi connectivity index (χ4v) is 0.763. The molecule has 1 heterocycles. The van der Waals surface area contributed by atoms with E-state index in [1.807, 2.05) is 0 Å². The van der Waals surface area contributed by atoms with Crippen LogP contribution in [0.15, 0.2) is 0 Å². The number of urea groups is 1.